The van der Waals surface area contributed by atoms with Crippen LogP contribution in [0.5, 0.6) is 0 Å². The van der Waals surface area contributed by atoms with Crippen LogP contribution < -0.4 is 10.6 Å². The van der Waals surface area contributed by atoms with Crippen molar-refractivity contribution < 1.29 is 4.92 Å². The molecule has 2 aromatic rings. The summed E-state index contributed by atoms with van der Waals surface area (Å²) >= 11 is 0. The average molecular weight is 291 g/mol. The van der Waals surface area contributed by atoms with E-state index in [9.17, 15) is 10.1 Å². The summed E-state index contributed by atoms with van der Waals surface area (Å²) in [4.78, 5) is 14.8. The van der Waals surface area contributed by atoms with Crippen LogP contribution >= 0.6 is 0 Å². The van der Waals surface area contributed by atoms with Gasteiger partial charge in [0.25, 0.3) is 5.69 Å². The Kier molecular flexibility index (Phi) is 5.02. The van der Waals surface area contributed by atoms with Crippen molar-refractivity contribution in [1.29, 1.82) is 0 Å². The lowest BCUT2D eigenvalue weighted by Gasteiger charge is -2.09. The van der Waals surface area contributed by atoms with Crippen molar-refractivity contribution in [3.63, 3.8) is 0 Å². The number of aromatic nitrogens is 4. The Hall–Kier alpha value is -2.71. The molecule has 0 fully saturated rings. The molecule has 112 valence electrons. The zero-order valence-corrected chi connectivity index (χ0v) is 11.7. The zero-order valence-electron chi connectivity index (χ0n) is 11.7. The van der Waals surface area contributed by atoms with Crippen LogP contribution in [0.2, 0.25) is 0 Å². The maximum absolute atomic E-state index is 10.9. The molecule has 9 nitrogen and oxygen atoms in total. The summed E-state index contributed by atoms with van der Waals surface area (Å²) in [5, 5.41) is 24.6. The first-order valence-electron chi connectivity index (χ1n) is 6.67. The summed E-state index contributed by atoms with van der Waals surface area (Å²) in [5.41, 5.74) is 0.00635. The molecule has 0 saturated heterocycles. The Morgan fingerprint density at radius 1 is 1.29 bits per heavy atom. The van der Waals surface area contributed by atoms with E-state index >= 15 is 0 Å². The van der Waals surface area contributed by atoms with Crippen LogP contribution in [0.25, 0.3) is 0 Å². The summed E-state index contributed by atoms with van der Waals surface area (Å²) < 4.78 is 1.67. The van der Waals surface area contributed by atoms with Gasteiger partial charge in [0.1, 0.15) is 11.6 Å². The van der Waals surface area contributed by atoms with E-state index in [1.165, 1.54) is 12.1 Å². The molecule has 0 radical (unpaired) electrons. The van der Waals surface area contributed by atoms with Crippen molar-refractivity contribution in [2.75, 3.05) is 23.7 Å². The fraction of sp³-hybridized carbons (Fsp3) is 0.417. The molecule has 2 heterocycles. The predicted molar refractivity (Wildman–Crippen MR) is 78.2 cm³/mol. The number of pyridine rings is 1. The Balaban J connectivity index is 2.02. The fourth-order valence-corrected chi connectivity index (χ4v) is 1.71. The minimum atomic E-state index is -0.429. The molecule has 2 rings (SSSR count). The molecule has 0 aliphatic heterocycles. The van der Waals surface area contributed by atoms with Gasteiger partial charge in [0.05, 0.1) is 29.8 Å². The number of rotatable bonds is 8. The molecule has 0 amide bonds. The van der Waals surface area contributed by atoms with E-state index < -0.39 is 4.92 Å². The summed E-state index contributed by atoms with van der Waals surface area (Å²) in [6.07, 6.45) is 4.26. The van der Waals surface area contributed by atoms with E-state index in [1.807, 2.05) is 6.92 Å². The molecule has 0 aliphatic rings. The standard InChI is InChI=1S/C12H17N7O2/c1-2-3-13-11-8-10(19(20)21)9-12(16-11)14-4-6-18-7-5-15-17-18/h5,7-9H,2-4,6H2,1H3,(H2,13,14,16). The van der Waals surface area contributed by atoms with Gasteiger partial charge in [-0.1, -0.05) is 12.1 Å². The van der Waals surface area contributed by atoms with Gasteiger partial charge in [0, 0.05) is 19.3 Å². The molecule has 0 aromatic carbocycles. The van der Waals surface area contributed by atoms with Crippen LogP contribution in [0.3, 0.4) is 0 Å². The number of nitrogens with one attached hydrogen (secondary N) is 2. The van der Waals surface area contributed by atoms with Crippen molar-refractivity contribution >= 4 is 17.3 Å². The molecule has 0 aliphatic carbocycles. The minimum Gasteiger partial charge on any atom is -0.370 e. The highest BCUT2D eigenvalue weighted by Crippen LogP contribution is 2.20. The quantitative estimate of drug-likeness (QED) is 0.560. The van der Waals surface area contributed by atoms with Crippen molar-refractivity contribution in [3.05, 3.63) is 34.6 Å². The molecule has 0 saturated carbocycles. The van der Waals surface area contributed by atoms with E-state index in [0.29, 0.717) is 31.3 Å². The molecule has 9 heteroatoms. The third-order valence-electron chi connectivity index (χ3n) is 2.70. The largest absolute Gasteiger partial charge is 0.370 e. The second-order valence-electron chi connectivity index (χ2n) is 4.37. The number of nitrogens with zero attached hydrogens (tertiary/aromatic N) is 5. The summed E-state index contributed by atoms with van der Waals surface area (Å²) in [5.74, 6) is 0.956. The second kappa shape index (κ2) is 7.17. The maximum atomic E-state index is 10.9. The fourth-order valence-electron chi connectivity index (χ4n) is 1.71. The predicted octanol–water partition coefficient (Wildman–Crippen LogP) is 1.52. The number of hydrogen-bond acceptors (Lipinski definition) is 7. The van der Waals surface area contributed by atoms with Crippen LogP contribution in [0.4, 0.5) is 17.3 Å². The highest BCUT2D eigenvalue weighted by atomic mass is 16.6. The first-order chi connectivity index (χ1) is 10.2. The van der Waals surface area contributed by atoms with E-state index in [2.05, 4.69) is 25.9 Å². The molecule has 2 aromatic heterocycles. The Bertz CT molecular complexity index is 585. The summed E-state index contributed by atoms with van der Waals surface area (Å²) in [6, 6.07) is 2.84. The van der Waals surface area contributed by atoms with Gasteiger partial charge < -0.3 is 10.6 Å². The Morgan fingerprint density at radius 2 is 2.00 bits per heavy atom. The Morgan fingerprint density at radius 3 is 2.57 bits per heavy atom. The number of hydrogen-bond donors (Lipinski definition) is 2. The van der Waals surface area contributed by atoms with Crippen LogP contribution in [0.15, 0.2) is 24.5 Å². The van der Waals surface area contributed by atoms with Crippen LogP contribution in [-0.2, 0) is 6.54 Å². The van der Waals surface area contributed by atoms with Crippen molar-refractivity contribution in [2.45, 2.75) is 19.9 Å². The highest BCUT2D eigenvalue weighted by Gasteiger charge is 2.10. The minimum absolute atomic E-state index is 0.00635. The molecule has 0 bridgehead atoms. The molecule has 21 heavy (non-hydrogen) atoms. The maximum Gasteiger partial charge on any atom is 0.276 e. The number of anilines is 2. The Labute approximate surface area is 121 Å². The van der Waals surface area contributed by atoms with Crippen molar-refractivity contribution in [2.24, 2.45) is 0 Å². The molecule has 0 unspecified atom stereocenters. The molecule has 2 N–H and O–H groups in total. The lowest BCUT2D eigenvalue weighted by atomic mass is 10.3. The van der Waals surface area contributed by atoms with Crippen molar-refractivity contribution in [3.8, 4) is 0 Å². The molecular formula is C12H17N7O2. The third kappa shape index (κ3) is 4.41. The lowest BCUT2D eigenvalue weighted by molar-refractivity contribution is -0.384. The van der Waals surface area contributed by atoms with Gasteiger partial charge in [-0.25, -0.2) is 4.98 Å². The summed E-state index contributed by atoms with van der Waals surface area (Å²) in [7, 11) is 0. The molecular weight excluding hydrogens is 274 g/mol. The van der Waals surface area contributed by atoms with Gasteiger partial charge in [-0.3, -0.25) is 14.8 Å². The topological polar surface area (TPSA) is 111 Å². The SMILES string of the molecule is CCCNc1cc([N+](=O)[O-])cc(NCCn2ccnn2)n1. The smallest absolute Gasteiger partial charge is 0.276 e. The first kappa shape index (κ1) is 14.7. The van der Waals surface area contributed by atoms with Crippen LogP contribution in [-0.4, -0.2) is 38.0 Å². The van der Waals surface area contributed by atoms with Gasteiger partial charge in [-0.15, -0.1) is 5.10 Å². The van der Waals surface area contributed by atoms with E-state index in [4.69, 9.17) is 0 Å². The van der Waals surface area contributed by atoms with Gasteiger partial charge >= 0.3 is 0 Å². The van der Waals surface area contributed by atoms with Crippen LogP contribution in [0.1, 0.15) is 13.3 Å². The van der Waals surface area contributed by atoms with E-state index in [1.54, 1.807) is 17.1 Å². The molecule has 0 atom stereocenters. The van der Waals surface area contributed by atoms with Gasteiger partial charge in [-0.2, -0.15) is 0 Å². The average Bonchev–Trinajstić information content (AvgIpc) is 2.98. The lowest BCUT2D eigenvalue weighted by Crippen LogP contribution is -2.13. The highest BCUT2D eigenvalue weighted by molar-refractivity contribution is 5.54. The monoisotopic (exact) mass is 291 g/mol. The van der Waals surface area contributed by atoms with Gasteiger partial charge in [-0.05, 0) is 6.42 Å². The van der Waals surface area contributed by atoms with Crippen LogP contribution in [0, 0.1) is 10.1 Å². The number of nitro groups is 1. The van der Waals surface area contributed by atoms with E-state index in [0.717, 1.165) is 6.42 Å². The van der Waals surface area contributed by atoms with Gasteiger partial charge in [0.15, 0.2) is 0 Å². The summed E-state index contributed by atoms with van der Waals surface area (Å²) in [6.45, 7) is 3.88. The van der Waals surface area contributed by atoms with Gasteiger partial charge in [0.2, 0.25) is 0 Å². The van der Waals surface area contributed by atoms with Crippen molar-refractivity contribution in [1.82, 2.24) is 20.0 Å². The third-order valence-corrected chi connectivity index (χ3v) is 2.70. The first-order valence-corrected chi connectivity index (χ1v) is 6.67. The normalized spacial score (nSPS) is 10.3. The second-order valence-corrected chi connectivity index (χ2v) is 4.37. The zero-order chi connectivity index (χ0) is 15.1. The van der Waals surface area contributed by atoms with E-state index in [-0.39, 0.29) is 5.69 Å². The molecule has 0 spiro atoms.